The summed E-state index contributed by atoms with van der Waals surface area (Å²) in [4.78, 5) is 0. The van der Waals surface area contributed by atoms with Gasteiger partial charge in [0.15, 0.2) is 0 Å². The molecule has 2 unspecified atom stereocenters. The van der Waals surface area contributed by atoms with Gasteiger partial charge in [0.2, 0.25) is 0 Å². The van der Waals surface area contributed by atoms with Crippen LogP contribution in [0.1, 0.15) is 42.4 Å². The van der Waals surface area contributed by atoms with Crippen molar-refractivity contribution >= 4 is 11.6 Å². The summed E-state index contributed by atoms with van der Waals surface area (Å²) >= 11 is 6.44. The number of aryl methyl sites for hydroxylation is 2. The van der Waals surface area contributed by atoms with Crippen LogP contribution in [0.5, 0.6) is 0 Å². The van der Waals surface area contributed by atoms with Gasteiger partial charge in [-0.25, -0.2) is 0 Å². The third-order valence-corrected chi connectivity index (χ3v) is 4.50. The van der Waals surface area contributed by atoms with Gasteiger partial charge >= 0.3 is 0 Å². The van der Waals surface area contributed by atoms with Gasteiger partial charge in [0.05, 0.1) is 0 Å². The van der Waals surface area contributed by atoms with Crippen LogP contribution in [0.2, 0.25) is 0 Å². The normalized spacial score (nSPS) is 25.7. The van der Waals surface area contributed by atoms with Crippen LogP contribution in [0.4, 0.5) is 0 Å². The zero-order valence-electron chi connectivity index (χ0n) is 10.3. The first-order valence-electron chi connectivity index (χ1n) is 6.37. The fourth-order valence-electron chi connectivity index (χ4n) is 2.83. The minimum absolute atomic E-state index is 0.396. The van der Waals surface area contributed by atoms with E-state index in [0.717, 1.165) is 0 Å². The van der Waals surface area contributed by atoms with Crippen molar-refractivity contribution in [2.75, 3.05) is 0 Å². The van der Waals surface area contributed by atoms with Gasteiger partial charge in [0, 0.05) is 5.38 Å². The van der Waals surface area contributed by atoms with Gasteiger partial charge in [0.1, 0.15) is 0 Å². The van der Waals surface area contributed by atoms with E-state index in [-0.39, 0.29) is 0 Å². The van der Waals surface area contributed by atoms with Crippen LogP contribution in [0, 0.1) is 19.8 Å². The Morgan fingerprint density at radius 1 is 1.12 bits per heavy atom. The van der Waals surface area contributed by atoms with E-state index in [2.05, 4.69) is 32.0 Å². The van der Waals surface area contributed by atoms with Crippen LogP contribution < -0.4 is 0 Å². The average Bonchev–Trinajstić information content (AvgIpc) is 2.26. The Bertz CT molecular complexity index is 336. The monoisotopic (exact) mass is 236 g/mol. The smallest absolute Gasteiger partial charge is 0.0367 e. The molecule has 1 aliphatic rings. The van der Waals surface area contributed by atoms with E-state index in [1.54, 1.807) is 0 Å². The molecule has 2 rings (SSSR count). The summed E-state index contributed by atoms with van der Waals surface area (Å²) in [6.45, 7) is 4.43. The molecule has 1 aromatic carbocycles. The molecule has 0 aromatic heterocycles. The summed E-state index contributed by atoms with van der Waals surface area (Å²) in [7, 11) is 0. The molecule has 1 saturated carbocycles. The number of benzene rings is 1. The molecule has 0 nitrogen and oxygen atoms in total. The predicted molar refractivity (Wildman–Crippen MR) is 71.2 cm³/mol. The molecule has 0 heterocycles. The highest BCUT2D eigenvalue weighted by Crippen LogP contribution is 2.32. The van der Waals surface area contributed by atoms with Crippen LogP contribution in [0.3, 0.4) is 0 Å². The Kier molecular flexibility index (Phi) is 3.91. The lowest BCUT2D eigenvalue weighted by Gasteiger charge is -2.28. The largest absolute Gasteiger partial charge is 0.123 e. The number of hydrogen-bond acceptors (Lipinski definition) is 0. The molecule has 1 fully saturated rings. The van der Waals surface area contributed by atoms with E-state index in [1.165, 1.54) is 48.8 Å². The highest BCUT2D eigenvalue weighted by Gasteiger charge is 2.24. The molecule has 0 radical (unpaired) electrons. The molecule has 0 saturated heterocycles. The van der Waals surface area contributed by atoms with Gasteiger partial charge in [-0.05, 0) is 55.7 Å². The molecule has 2 atom stereocenters. The zero-order chi connectivity index (χ0) is 11.5. The van der Waals surface area contributed by atoms with Crippen molar-refractivity contribution in [1.29, 1.82) is 0 Å². The van der Waals surface area contributed by atoms with Crippen molar-refractivity contribution in [3.63, 3.8) is 0 Å². The number of halogens is 1. The van der Waals surface area contributed by atoms with Crippen molar-refractivity contribution in [2.24, 2.45) is 5.92 Å². The quantitative estimate of drug-likeness (QED) is 0.656. The molecule has 0 aliphatic heterocycles. The topological polar surface area (TPSA) is 0 Å². The molecule has 1 aliphatic carbocycles. The van der Waals surface area contributed by atoms with Crippen molar-refractivity contribution in [1.82, 2.24) is 0 Å². The summed E-state index contributed by atoms with van der Waals surface area (Å²) in [5.41, 5.74) is 4.38. The van der Waals surface area contributed by atoms with Gasteiger partial charge in [-0.3, -0.25) is 0 Å². The van der Waals surface area contributed by atoms with E-state index >= 15 is 0 Å². The van der Waals surface area contributed by atoms with E-state index in [0.29, 0.717) is 11.3 Å². The maximum atomic E-state index is 6.44. The summed E-state index contributed by atoms with van der Waals surface area (Å²) in [5.74, 6) is 0.690. The van der Waals surface area contributed by atoms with E-state index in [1.807, 2.05) is 0 Å². The first-order chi connectivity index (χ1) is 7.68. The Hall–Kier alpha value is -0.490. The second kappa shape index (κ2) is 5.23. The van der Waals surface area contributed by atoms with E-state index in [4.69, 9.17) is 11.6 Å². The van der Waals surface area contributed by atoms with Gasteiger partial charge in [0.25, 0.3) is 0 Å². The molecule has 88 valence electrons. The third-order valence-electron chi connectivity index (χ3n) is 3.93. The SMILES string of the molecule is Cc1cccc(C)c1CC1CCCCC1Cl. The summed E-state index contributed by atoms with van der Waals surface area (Å²) in [6, 6.07) is 6.58. The van der Waals surface area contributed by atoms with E-state index < -0.39 is 0 Å². The second-order valence-electron chi connectivity index (χ2n) is 5.14. The minimum Gasteiger partial charge on any atom is -0.123 e. The fraction of sp³-hybridized carbons (Fsp3) is 0.600. The fourth-order valence-corrected chi connectivity index (χ4v) is 3.19. The first-order valence-corrected chi connectivity index (χ1v) is 6.81. The van der Waals surface area contributed by atoms with Gasteiger partial charge in [-0.1, -0.05) is 31.0 Å². The van der Waals surface area contributed by atoms with Crippen LogP contribution in [-0.4, -0.2) is 5.38 Å². The Morgan fingerprint density at radius 2 is 1.75 bits per heavy atom. The van der Waals surface area contributed by atoms with Crippen molar-refractivity contribution < 1.29 is 0 Å². The lowest BCUT2D eigenvalue weighted by atomic mass is 9.82. The van der Waals surface area contributed by atoms with E-state index in [9.17, 15) is 0 Å². The average molecular weight is 237 g/mol. The molecular formula is C15H21Cl. The zero-order valence-corrected chi connectivity index (χ0v) is 11.1. The van der Waals surface area contributed by atoms with Gasteiger partial charge < -0.3 is 0 Å². The van der Waals surface area contributed by atoms with Crippen LogP contribution >= 0.6 is 11.6 Å². The maximum Gasteiger partial charge on any atom is 0.0367 e. The molecule has 0 bridgehead atoms. The molecule has 0 amide bonds. The minimum atomic E-state index is 0.396. The maximum absolute atomic E-state index is 6.44. The van der Waals surface area contributed by atoms with Crippen LogP contribution in [0.25, 0.3) is 0 Å². The second-order valence-corrected chi connectivity index (χ2v) is 5.70. The van der Waals surface area contributed by atoms with Gasteiger partial charge in [-0.15, -0.1) is 11.6 Å². The highest BCUT2D eigenvalue weighted by molar-refractivity contribution is 6.20. The van der Waals surface area contributed by atoms with Crippen molar-refractivity contribution in [2.45, 2.75) is 51.3 Å². The number of alkyl halides is 1. The number of rotatable bonds is 2. The summed E-state index contributed by atoms with van der Waals surface area (Å²) < 4.78 is 0. The first kappa shape index (κ1) is 12.0. The summed E-state index contributed by atoms with van der Waals surface area (Å²) in [5, 5.41) is 0.396. The van der Waals surface area contributed by atoms with Gasteiger partial charge in [-0.2, -0.15) is 0 Å². The van der Waals surface area contributed by atoms with Crippen LogP contribution in [-0.2, 0) is 6.42 Å². The standard InChI is InChI=1S/C15H21Cl/c1-11-6-5-7-12(2)14(11)10-13-8-3-4-9-15(13)16/h5-7,13,15H,3-4,8-10H2,1-2H3. The lowest BCUT2D eigenvalue weighted by molar-refractivity contribution is 0.363. The lowest BCUT2D eigenvalue weighted by Crippen LogP contribution is -2.22. The predicted octanol–water partition coefficient (Wildman–Crippen LogP) is 4.64. The highest BCUT2D eigenvalue weighted by atomic mass is 35.5. The summed E-state index contributed by atoms with van der Waals surface area (Å²) in [6.07, 6.45) is 6.36. The molecular weight excluding hydrogens is 216 g/mol. The number of hydrogen-bond donors (Lipinski definition) is 0. The van der Waals surface area contributed by atoms with Crippen molar-refractivity contribution in [3.8, 4) is 0 Å². The Labute approximate surface area is 104 Å². The molecule has 1 aromatic rings. The Morgan fingerprint density at radius 3 is 2.38 bits per heavy atom. The molecule has 0 spiro atoms. The van der Waals surface area contributed by atoms with Crippen LogP contribution in [0.15, 0.2) is 18.2 Å². The van der Waals surface area contributed by atoms with Crippen molar-refractivity contribution in [3.05, 3.63) is 34.9 Å². The Balaban J connectivity index is 2.13. The molecule has 1 heteroatoms. The molecule has 0 N–H and O–H groups in total. The molecule has 16 heavy (non-hydrogen) atoms. The third kappa shape index (κ3) is 2.60.